The van der Waals surface area contributed by atoms with Crippen molar-refractivity contribution in [3.63, 3.8) is 0 Å². The molecule has 10 nitrogen and oxygen atoms in total. The lowest BCUT2D eigenvalue weighted by Gasteiger charge is -2.32. The highest BCUT2D eigenvalue weighted by molar-refractivity contribution is 8.76. The topological polar surface area (TPSA) is 161 Å². The van der Waals surface area contributed by atoms with Crippen molar-refractivity contribution >= 4 is 39.4 Å². The standard InChI is InChI=1S/C36H52N4O6S2/c1-25(41)46-31-14-13-27-16-28(34(44)32(17-27)45-2)22-40-24-36(21-33(40)43,19-26-10-6-5-7-11-26)20-29(39-35(37)38)23-48-47-15-9-4-3-8-12-30(42)18-31/h5-7,10-11,16-17,29-31,42,44H,3-4,8-9,12-15,18-24H2,1-2H3,(H4,37,38,39). The number of fused-ring (bicyclic) bond motifs is 4. The quantitative estimate of drug-likeness (QED) is 0.139. The summed E-state index contributed by atoms with van der Waals surface area (Å²) in [5, 5.41) is 21.9. The molecular formula is C36H52N4O6S2. The van der Waals surface area contributed by atoms with Crippen molar-refractivity contribution < 1.29 is 29.3 Å². The fourth-order valence-electron chi connectivity index (χ4n) is 6.98. The number of ether oxygens (including phenoxy) is 2. The van der Waals surface area contributed by atoms with Gasteiger partial charge in [0.25, 0.3) is 0 Å². The maximum atomic E-state index is 13.8. The van der Waals surface area contributed by atoms with Crippen molar-refractivity contribution in [1.29, 1.82) is 0 Å². The summed E-state index contributed by atoms with van der Waals surface area (Å²) in [5.74, 6) is 1.73. The van der Waals surface area contributed by atoms with Crippen LogP contribution in [0.2, 0.25) is 0 Å². The van der Waals surface area contributed by atoms with Crippen molar-refractivity contribution in [3.8, 4) is 11.5 Å². The van der Waals surface area contributed by atoms with Crippen molar-refractivity contribution in [2.24, 2.45) is 21.9 Å². The minimum Gasteiger partial charge on any atom is -0.504 e. The Morgan fingerprint density at radius 1 is 1.10 bits per heavy atom. The van der Waals surface area contributed by atoms with Crippen LogP contribution in [0.3, 0.4) is 0 Å². The molecule has 2 aromatic rings. The zero-order valence-corrected chi connectivity index (χ0v) is 29.9. The third-order valence-corrected chi connectivity index (χ3v) is 11.7. The van der Waals surface area contributed by atoms with E-state index in [0.29, 0.717) is 62.8 Å². The molecule has 1 fully saturated rings. The number of esters is 1. The first-order valence-corrected chi connectivity index (χ1v) is 19.4. The molecule has 0 spiro atoms. The second kappa shape index (κ2) is 18.6. The summed E-state index contributed by atoms with van der Waals surface area (Å²) in [6.45, 7) is 2.10. The van der Waals surface area contributed by atoms with Crippen LogP contribution in [0, 0.1) is 5.41 Å². The van der Waals surface area contributed by atoms with Crippen LogP contribution in [0.15, 0.2) is 47.5 Å². The highest BCUT2D eigenvalue weighted by Gasteiger charge is 2.44. The molecule has 4 bridgehead atoms. The van der Waals surface area contributed by atoms with E-state index in [2.05, 4.69) is 17.1 Å². The van der Waals surface area contributed by atoms with Crippen molar-refractivity contribution in [2.45, 2.75) is 102 Å². The third kappa shape index (κ3) is 11.8. The number of carbonyl (C=O) groups is 2. The normalized spacial score (nSPS) is 25.2. The molecule has 2 aromatic carbocycles. The first kappa shape index (κ1) is 37.7. The van der Waals surface area contributed by atoms with E-state index in [-0.39, 0.29) is 36.2 Å². The number of aliphatic hydroxyl groups is 1. The van der Waals surface area contributed by atoms with Gasteiger partial charge in [-0.3, -0.25) is 9.59 Å². The Hall–Kier alpha value is -3.09. The molecule has 1 saturated heterocycles. The zero-order chi connectivity index (χ0) is 34.5. The van der Waals surface area contributed by atoms with Gasteiger partial charge in [-0.2, -0.15) is 0 Å². The monoisotopic (exact) mass is 700 g/mol. The Balaban J connectivity index is 1.64. The van der Waals surface area contributed by atoms with Gasteiger partial charge in [0.1, 0.15) is 6.10 Å². The lowest BCUT2D eigenvalue weighted by Crippen LogP contribution is -2.35. The summed E-state index contributed by atoms with van der Waals surface area (Å²) in [7, 11) is 5.08. The molecule has 2 heterocycles. The molecule has 4 atom stereocenters. The minimum absolute atomic E-state index is 0.00102. The van der Waals surface area contributed by atoms with E-state index in [0.717, 1.165) is 48.3 Å². The summed E-state index contributed by atoms with van der Waals surface area (Å²) in [4.78, 5) is 32.1. The van der Waals surface area contributed by atoms with Gasteiger partial charge in [0.15, 0.2) is 17.5 Å². The number of aryl methyl sites for hydroxylation is 1. The van der Waals surface area contributed by atoms with Crippen molar-refractivity contribution in [3.05, 3.63) is 59.2 Å². The largest absolute Gasteiger partial charge is 0.504 e. The van der Waals surface area contributed by atoms with Crippen LogP contribution in [-0.2, 0) is 33.7 Å². The smallest absolute Gasteiger partial charge is 0.302 e. The van der Waals surface area contributed by atoms with E-state index in [1.807, 2.05) is 40.0 Å². The number of hydrogen-bond donors (Lipinski definition) is 4. The molecule has 2 aliphatic rings. The summed E-state index contributed by atoms with van der Waals surface area (Å²) in [6, 6.07) is 13.7. The molecular weight excluding hydrogens is 649 g/mol. The number of phenolic OH excluding ortho intramolecular Hbond substituents is 1. The van der Waals surface area contributed by atoms with E-state index in [9.17, 15) is 19.8 Å². The predicted octanol–water partition coefficient (Wildman–Crippen LogP) is 5.36. The number of nitrogens with two attached hydrogens (primary N) is 2. The number of hydrogen-bond acceptors (Lipinski definition) is 9. The molecule has 2 aliphatic heterocycles. The Morgan fingerprint density at radius 2 is 1.88 bits per heavy atom. The molecule has 6 N–H and O–H groups in total. The number of phenols is 1. The van der Waals surface area contributed by atoms with Gasteiger partial charge >= 0.3 is 5.97 Å². The van der Waals surface area contributed by atoms with Gasteiger partial charge in [0, 0.05) is 55.3 Å². The molecule has 0 radical (unpaired) electrons. The summed E-state index contributed by atoms with van der Waals surface area (Å²) in [6.07, 6.45) is 6.86. The van der Waals surface area contributed by atoms with Crippen LogP contribution in [-0.4, -0.2) is 76.4 Å². The molecule has 12 heteroatoms. The maximum absolute atomic E-state index is 13.8. The van der Waals surface area contributed by atoms with Crippen LogP contribution in [0.4, 0.5) is 0 Å². The lowest BCUT2D eigenvalue weighted by atomic mass is 9.76. The maximum Gasteiger partial charge on any atom is 0.302 e. The molecule has 0 saturated carbocycles. The number of guanidine groups is 1. The van der Waals surface area contributed by atoms with Gasteiger partial charge in [-0.05, 0) is 55.7 Å². The van der Waals surface area contributed by atoms with E-state index < -0.39 is 17.6 Å². The minimum atomic E-state index is -0.560. The highest BCUT2D eigenvalue weighted by Crippen LogP contribution is 2.43. The average Bonchev–Trinajstić information content (AvgIpc) is 3.32. The van der Waals surface area contributed by atoms with Crippen LogP contribution in [0.5, 0.6) is 11.5 Å². The molecule has 0 aliphatic carbocycles. The number of rotatable bonds is 5. The Kier molecular flexibility index (Phi) is 14.6. The Bertz CT molecular complexity index is 1380. The first-order chi connectivity index (χ1) is 23.1. The summed E-state index contributed by atoms with van der Waals surface area (Å²) >= 11 is 0. The molecule has 0 aromatic heterocycles. The molecule has 264 valence electrons. The van der Waals surface area contributed by atoms with Gasteiger partial charge in [0.2, 0.25) is 5.91 Å². The number of nitrogens with zero attached hydrogens (tertiary/aromatic N) is 2. The van der Waals surface area contributed by atoms with Gasteiger partial charge < -0.3 is 36.1 Å². The van der Waals surface area contributed by atoms with E-state index >= 15 is 0 Å². The zero-order valence-electron chi connectivity index (χ0n) is 28.3. The second-order valence-corrected chi connectivity index (χ2v) is 15.9. The summed E-state index contributed by atoms with van der Waals surface area (Å²) in [5.41, 5.74) is 14.0. The fourth-order valence-corrected chi connectivity index (χ4v) is 9.33. The fraction of sp³-hybridized carbons (Fsp3) is 0.583. The SMILES string of the molecule is COc1cc2cc(c1O)CN1CC(Cc3ccccc3)(CC1=O)CC(N=C(N)N)CSSCCCCCCC(O)CC(OC(C)=O)CC2. The number of aliphatic imine (C=N–C) groups is 1. The van der Waals surface area contributed by atoms with Crippen LogP contribution in [0.1, 0.15) is 81.4 Å². The van der Waals surface area contributed by atoms with E-state index in [4.69, 9.17) is 20.9 Å². The van der Waals surface area contributed by atoms with Crippen LogP contribution in [0.25, 0.3) is 0 Å². The predicted molar refractivity (Wildman–Crippen MR) is 194 cm³/mol. The lowest BCUT2D eigenvalue weighted by molar-refractivity contribution is -0.148. The average molecular weight is 701 g/mol. The van der Waals surface area contributed by atoms with Gasteiger partial charge in [-0.25, -0.2) is 4.99 Å². The first-order valence-electron chi connectivity index (χ1n) is 16.9. The van der Waals surface area contributed by atoms with Crippen LogP contribution >= 0.6 is 21.6 Å². The number of carbonyl (C=O) groups excluding carboxylic acids is 2. The van der Waals surface area contributed by atoms with E-state index in [1.165, 1.54) is 14.0 Å². The number of aromatic hydroxyl groups is 1. The van der Waals surface area contributed by atoms with Crippen molar-refractivity contribution in [1.82, 2.24) is 4.90 Å². The summed E-state index contributed by atoms with van der Waals surface area (Å²) < 4.78 is 11.1. The second-order valence-electron chi connectivity index (χ2n) is 13.3. The number of benzene rings is 2. The number of amides is 1. The Labute approximate surface area is 292 Å². The highest BCUT2D eigenvalue weighted by atomic mass is 33.1. The van der Waals surface area contributed by atoms with Gasteiger partial charge in [-0.15, -0.1) is 0 Å². The van der Waals surface area contributed by atoms with E-state index in [1.54, 1.807) is 16.9 Å². The number of methoxy groups -OCH3 is 1. The molecule has 4 unspecified atom stereocenters. The van der Waals surface area contributed by atoms with Gasteiger partial charge in [-0.1, -0.05) is 77.2 Å². The van der Waals surface area contributed by atoms with Gasteiger partial charge in [0.05, 0.1) is 19.3 Å². The third-order valence-electron chi connectivity index (χ3n) is 9.10. The molecule has 4 rings (SSSR count). The van der Waals surface area contributed by atoms with Crippen molar-refractivity contribution in [2.75, 3.05) is 25.2 Å². The number of aliphatic hydroxyl groups excluding tert-OH is 1. The molecule has 48 heavy (non-hydrogen) atoms. The van der Waals surface area contributed by atoms with Crippen LogP contribution < -0.4 is 16.2 Å². The Morgan fingerprint density at radius 3 is 2.60 bits per heavy atom. The molecule has 1 amide bonds.